The van der Waals surface area contributed by atoms with E-state index in [0.717, 1.165) is 0 Å². The van der Waals surface area contributed by atoms with Gasteiger partial charge in [-0.25, -0.2) is 8.78 Å². The van der Waals surface area contributed by atoms with Gasteiger partial charge in [0.15, 0.2) is 6.17 Å². The molecule has 0 aliphatic rings. The Morgan fingerprint density at radius 2 is 2.00 bits per heavy atom. The normalized spacial score (nSPS) is 16.4. The van der Waals surface area contributed by atoms with E-state index in [1.165, 1.54) is 0 Å². The van der Waals surface area contributed by atoms with Crippen LogP contribution in [0.25, 0.3) is 0 Å². The number of halogens is 3. The fourth-order valence-electron chi connectivity index (χ4n) is 0.509. The fourth-order valence-corrected chi connectivity index (χ4v) is 0.509. The molecule has 1 N–H and O–H groups in total. The maximum atomic E-state index is 12.2. The Hall–Kier alpha value is -0.670. The van der Waals surface area contributed by atoms with E-state index >= 15 is 0 Å². The van der Waals surface area contributed by atoms with Crippen molar-refractivity contribution in [1.29, 1.82) is 0 Å². The van der Waals surface area contributed by atoms with E-state index in [0.29, 0.717) is 6.42 Å². The van der Waals surface area contributed by atoms with E-state index < -0.39 is 18.0 Å². The summed E-state index contributed by atoms with van der Waals surface area (Å²) >= 11 is 0. The van der Waals surface area contributed by atoms with Crippen molar-refractivity contribution in [2.24, 2.45) is 0 Å². The highest BCUT2D eigenvalue weighted by atomic mass is 19.2. The molecule has 0 radical (unpaired) electrons. The first-order chi connectivity index (χ1) is 4.59. The highest BCUT2D eigenvalue weighted by Crippen LogP contribution is 2.17. The second-order valence-electron chi connectivity index (χ2n) is 1.89. The predicted molar refractivity (Wildman–Crippen MR) is 31.7 cm³/mol. The van der Waals surface area contributed by atoms with E-state index in [2.05, 4.69) is 0 Å². The Kier molecular flexibility index (Phi) is 3.91. The van der Waals surface area contributed by atoms with Crippen LogP contribution in [-0.4, -0.2) is 11.3 Å². The molecule has 0 aromatic heterocycles. The first-order valence-electron chi connectivity index (χ1n) is 2.97. The van der Waals surface area contributed by atoms with Gasteiger partial charge in [0.05, 0.1) is 0 Å². The summed E-state index contributed by atoms with van der Waals surface area (Å²) in [5, 5.41) is 7.82. The van der Waals surface area contributed by atoms with Crippen LogP contribution < -0.4 is 0 Å². The minimum absolute atomic E-state index is 0.111. The summed E-state index contributed by atoms with van der Waals surface area (Å²) in [5.41, 5.74) is 0. The van der Waals surface area contributed by atoms with Crippen LogP contribution in [0.2, 0.25) is 0 Å². The van der Waals surface area contributed by atoms with Crippen LogP contribution in [0, 0.1) is 0 Å². The Morgan fingerprint density at radius 1 is 1.50 bits per heavy atom. The number of allylic oxidation sites excluding steroid dienone is 1. The van der Waals surface area contributed by atoms with Crippen molar-refractivity contribution in [2.45, 2.75) is 25.9 Å². The first kappa shape index (κ1) is 9.33. The number of aliphatic hydroxyl groups is 1. The molecule has 0 aliphatic carbocycles. The van der Waals surface area contributed by atoms with Crippen LogP contribution >= 0.6 is 0 Å². The van der Waals surface area contributed by atoms with Gasteiger partial charge in [0.1, 0.15) is 0 Å². The van der Waals surface area contributed by atoms with Gasteiger partial charge < -0.3 is 5.11 Å². The van der Waals surface area contributed by atoms with Gasteiger partial charge in [-0.05, 0) is 6.42 Å². The minimum atomic E-state index is -2.05. The average Bonchev–Trinajstić information content (AvgIpc) is 1.87. The monoisotopic (exact) mass is 154 g/mol. The number of aliphatic hydroxyl groups excluding tert-OH is 1. The molecule has 0 fully saturated rings. The molecule has 0 saturated carbocycles. The summed E-state index contributed by atoms with van der Waals surface area (Å²) in [6.45, 7) is 1.63. The van der Waals surface area contributed by atoms with E-state index in [-0.39, 0.29) is 6.42 Å². The molecule has 10 heavy (non-hydrogen) atoms. The van der Waals surface area contributed by atoms with Gasteiger partial charge in [-0.15, -0.1) is 0 Å². The Labute approximate surface area is 57.2 Å². The predicted octanol–water partition coefficient (Wildman–Crippen LogP) is 2.79. The van der Waals surface area contributed by atoms with Crippen molar-refractivity contribution in [3.63, 3.8) is 0 Å². The number of hydrogen-bond acceptors (Lipinski definition) is 1. The van der Waals surface area contributed by atoms with Crippen molar-refractivity contribution < 1.29 is 18.3 Å². The molecular weight excluding hydrogens is 145 g/mol. The van der Waals surface area contributed by atoms with E-state index in [9.17, 15) is 13.2 Å². The van der Waals surface area contributed by atoms with Crippen LogP contribution in [0.5, 0.6) is 0 Å². The first-order valence-corrected chi connectivity index (χ1v) is 2.97. The zero-order valence-corrected chi connectivity index (χ0v) is 5.57. The van der Waals surface area contributed by atoms with Crippen molar-refractivity contribution in [3.8, 4) is 0 Å². The van der Waals surface area contributed by atoms with Crippen LogP contribution in [0.1, 0.15) is 19.8 Å². The minimum Gasteiger partial charge on any atom is -0.484 e. The SMILES string of the molecule is CCCC(F)/C(F)=C(/O)F. The molecule has 4 heteroatoms. The largest absolute Gasteiger partial charge is 0.484 e. The smallest absolute Gasteiger partial charge is 0.305 e. The highest BCUT2D eigenvalue weighted by Gasteiger charge is 2.16. The Balaban J connectivity index is 3.94. The zero-order chi connectivity index (χ0) is 8.15. The van der Waals surface area contributed by atoms with Gasteiger partial charge >= 0.3 is 6.01 Å². The van der Waals surface area contributed by atoms with E-state index in [1.807, 2.05) is 0 Å². The second kappa shape index (κ2) is 4.19. The maximum absolute atomic E-state index is 12.2. The molecule has 0 spiro atoms. The quantitative estimate of drug-likeness (QED) is 0.619. The summed E-state index contributed by atoms with van der Waals surface area (Å²) in [4.78, 5) is 0. The Morgan fingerprint density at radius 3 is 2.30 bits per heavy atom. The number of rotatable bonds is 3. The van der Waals surface area contributed by atoms with Gasteiger partial charge in [0, 0.05) is 0 Å². The lowest BCUT2D eigenvalue weighted by Crippen LogP contribution is -2.01. The maximum Gasteiger partial charge on any atom is 0.305 e. The Bertz CT molecular complexity index is 129. The van der Waals surface area contributed by atoms with Gasteiger partial charge in [-0.3, -0.25) is 0 Å². The molecular formula is C6H9F3O. The molecule has 0 amide bonds. The third-order valence-corrected chi connectivity index (χ3v) is 1.01. The van der Waals surface area contributed by atoms with Crippen molar-refractivity contribution in [1.82, 2.24) is 0 Å². The molecule has 1 nitrogen and oxygen atoms in total. The lowest BCUT2D eigenvalue weighted by Gasteiger charge is -2.01. The van der Waals surface area contributed by atoms with Gasteiger partial charge in [0.25, 0.3) is 0 Å². The number of hydrogen-bond donors (Lipinski definition) is 1. The van der Waals surface area contributed by atoms with Crippen LogP contribution in [-0.2, 0) is 0 Å². The second-order valence-corrected chi connectivity index (χ2v) is 1.89. The van der Waals surface area contributed by atoms with Gasteiger partial charge in [-0.2, -0.15) is 4.39 Å². The van der Waals surface area contributed by atoms with Crippen molar-refractivity contribution in [3.05, 3.63) is 11.8 Å². The molecule has 0 aromatic carbocycles. The highest BCUT2D eigenvalue weighted by molar-refractivity contribution is 4.97. The van der Waals surface area contributed by atoms with Gasteiger partial charge in [-0.1, -0.05) is 13.3 Å². The molecule has 1 atom stereocenters. The van der Waals surface area contributed by atoms with Gasteiger partial charge in [0.2, 0.25) is 5.83 Å². The van der Waals surface area contributed by atoms with Crippen molar-refractivity contribution in [2.75, 3.05) is 0 Å². The lowest BCUT2D eigenvalue weighted by molar-refractivity contribution is 0.218. The molecule has 60 valence electrons. The molecule has 1 unspecified atom stereocenters. The summed E-state index contributed by atoms with van der Waals surface area (Å²) in [6.07, 6.45) is -1.71. The summed E-state index contributed by atoms with van der Waals surface area (Å²) in [7, 11) is 0. The van der Waals surface area contributed by atoms with E-state index in [4.69, 9.17) is 5.11 Å². The average molecular weight is 154 g/mol. The van der Waals surface area contributed by atoms with Crippen LogP contribution in [0.15, 0.2) is 11.8 Å². The molecule has 0 aliphatic heterocycles. The zero-order valence-electron chi connectivity index (χ0n) is 5.57. The summed E-state index contributed by atoms with van der Waals surface area (Å²) in [6, 6.07) is -2.05. The summed E-state index contributed by atoms with van der Waals surface area (Å²) < 4.78 is 35.7. The third kappa shape index (κ3) is 2.75. The molecule has 0 rings (SSSR count). The standard InChI is InChI=1S/C6H9F3O/c1-2-3-4(7)5(8)6(9)10/h4,10H,2-3H2,1H3/b6-5-. The van der Waals surface area contributed by atoms with Crippen LogP contribution in [0.3, 0.4) is 0 Å². The summed E-state index contributed by atoms with van der Waals surface area (Å²) in [5.74, 6) is -1.71. The molecule has 0 saturated heterocycles. The lowest BCUT2D eigenvalue weighted by atomic mass is 10.2. The third-order valence-electron chi connectivity index (χ3n) is 1.01. The molecule has 0 aromatic rings. The van der Waals surface area contributed by atoms with E-state index in [1.54, 1.807) is 6.92 Å². The molecule has 0 heterocycles. The fraction of sp³-hybridized carbons (Fsp3) is 0.667. The van der Waals surface area contributed by atoms with Crippen LogP contribution in [0.4, 0.5) is 13.2 Å². The topological polar surface area (TPSA) is 20.2 Å². The molecule has 0 bridgehead atoms. The van der Waals surface area contributed by atoms with Crippen molar-refractivity contribution >= 4 is 0 Å². The number of alkyl halides is 1.